The Morgan fingerprint density at radius 2 is 2.00 bits per heavy atom. The highest BCUT2D eigenvalue weighted by atomic mass is 32.1. The first-order chi connectivity index (χ1) is 10.9. The number of rotatable bonds is 3. The number of thiophene rings is 1. The van der Waals surface area contributed by atoms with Gasteiger partial charge in [-0.05, 0) is 50.5 Å². The van der Waals surface area contributed by atoms with Gasteiger partial charge in [0.05, 0.1) is 10.6 Å². The molecule has 8 heteroatoms. The lowest BCUT2D eigenvalue weighted by Crippen LogP contribution is -2.37. The lowest BCUT2D eigenvalue weighted by Gasteiger charge is -2.29. The summed E-state index contributed by atoms with van der Waals surface area (Å²) in [6.07, 6.45) is -2.76. The highest BCUT2D eigenvalue weighted by Crippen LogP contribution is 2.32. The van der Waals surface area contributed by atoms with E-state index in [1.165, 1.54) is 11.3 Å². The van der Waals surface area contributed by atoms with Crippen molar-refractivity contribution in [3.8, 4) is 10.6 Å². The Labute approximate surface area is 136 Å². The van der Waals surface area contributed by atoms with Crippen LogP contribution in [0, 0.1) is 0 Å². The third-order valence-electron chi connectivity index (χ3n) is 3.84. The van der Waals surface area contributed by atoms with Crippen LogP contribution in [0.3, 0.4) is 0 Å². The van der Waals surface area contributed by atoms with Crippen LogP contribution in [-0.2, 0) is 6.18 Å². The minimum absolute atomic E-state index is 0.0535. The van der Waals surface area contributed by atoms with Crippen molar-refractivity contribution in [3.05, 3.63) is 29.3 Å². The van der Waals surface area contributed by atoms with Gasteiger partial charge < -0.3 is 10.2 Å². The fraction of sp³-hybridized carbons (Fsp3) is 0.467. The van der Waals surface area contributed by atoms with Gasteiger partial charge in [-0.15, -0.1) is 11.3 Å². The van der Waals surface area contributed by atoms with E-state index >= 15 is 0 Å². The predicted molar refractivity (Wildman–Crippen MR) is 84.5 cm³/mol. The van der Waals surface area contributed by atoms with Crippen LogP contribution in [0.5, 0.6) is 0 Å². The van der Waals surface area contributed by atoms with Gasteiger partial charge in [0.2, 0.25) is 5.95 Å². The Morgan fingerprint density at radius 1 is 1.26 bits per heavy atom. The second-order valence-electron chi connectivity index (χ2n) is 5.66. The molecule has 124 valence electrons. The number of likely N-dealkylation sites (tertiary alicyclic amines) is 1. The Balaban J connectivity index is 1.88. The van der Waals surface area contributed by atoms with Gasteiger partial charge in [0.25, 0.3) is 0 Å². The molecule has 0 aliphatic carbocycles. The molecule has 1 fully saturated rings. The summed E-state index contributed by atoms with van der Waals surface area (Å²) in [7, 11) is 2.03. The maximum absolute atomic E-state index is 13.1. The average Bonchev–Trinajstić information content (AvgIpc) is 3.03. The van der Waals surface area contributed by atoms with E-state index in [2.05, 4.69) is 20.2 Å². The van der Waals surface area contributed by atoms with Crippen molar-refractivity contribution in [3.63, 3.8) is 0 Å². The van der Waals surface area contributed by atoms with E-state index in [0.717, 1.165) is 32.0 Å². The van der Waals surface area contributed by atoms with Gasteiger partial charge in [0.15, 0.2) is 5.69 Å². The monoisotopic (exact) mass is 342 g/mol. The summed E-state index contributed by atoms with van der Waals surface area (Å²) in [5.74, 6) is 0.0535. The normalized spacial score (nSPS) is 17.4. The fourth-order valence-electron chi connectivity index (χ4n) is 2.54. The zero-order valence-electron chi connectivity index (χ0n) is 12.6. The minimum Gasteiger partial charge on any atom is -0.351 e. The van der Waals surface area contributed by atoms with E-state index in [4.69, 9.17) is 0 Å². The maximum Gasteiger partial charge on any atom is 0.433 e. The first-order valence-corrected chi connectivity index (χ1v) is 8.25. The highest BCUT2D eigenvalue weighted by molar-refractivity contribution is 7.13. The highest BCUT2D eigenvalue weighted by Gasteiger charge is 2.34. The molecule has 0 radical (unpaired) electrons. The first kappa shape index (κ1) is 16.2. The zero-order chi connectivity index (χ0) is 16.4. The number of aromatic nitrogens is 2. The summed E-state index contributed by atoms with van der Waals surface area (Å²) in [6.45, 7) is 1.82. The van der Waals surface area contributed by atoms with Gasteiger partial charge in [-0.1, -0.05) is 6.07 Å². The molecule has 2 aromatic rings. The van der Waals surface area contributed by atoms with Crippen molar-refractivity contribution in [2.75, 3.05) is 25.5 Å². The minimum atomic E-state index is -4.49. The van der Waals surface area contributed by atoms with Crippen molar-refractivity contribution >= 4 is 17.3 Å². The average molecular weight is 342 g/mol. The van der Waals surface area contributed by atoms with E-state index in [1.807, 2.05) is 12.4 Å². The van der Waals surface area contributed by atoms with Crippen LogP contribution in [0.1, 0.15) is 18.5 Å². The van der Waals surface area contributed by atoms with E-state index in [1.54, 1.807) is 12.1 Å². The smallest absolute Gasteiger partial charge is 0.351 e. The van der Waals surface area contributed by atoms with Crippen molar-refractivity contribution < 1.29 is 13.2 Å². The van der Waals surface area contributed by atoms with Gasteiger partial charge in [-0.25, -0.2) is 9.97 Å². The summed E-state index contributed by atoms with van der Waals surface area (Å²) >= 11 is 1.36. The summed E-state index contributed by atoms with van der Waals surface area (Å²) in [5, 5.41) is 4.89. The Kier molecular flexibility index (Phi) is 4.54. The van der Waals surface area contributed by atoms with Gasteiger partial charge in [0, 0.05) is 6.04 Å². The van der Waals surface area contributed by atoms with Crippen LogP contribution in [0.2, 0.25) is 0 Å². The summed E-state index contributed by atoms with van der Waals surface area (Å²) in [6, 6.07) is 4.66. The molecule has 23 heavy (non-hydrogen) atoms. The number of nitrogens with zero attached hydrogens (tertiary/aromatic N) is 3. The van der Waals surface area contributed by atoms with Gasteiger partial charge >= 0.3 is 6.18 Å². The molecule has 0 bridgehead atoms. The molecule has 3 heterocycles. The molecule has 3 rings (SSSR count). The number of hydrogen-bond donors (Lipinski definition) is 1. The number of anilines is 1. The largest absolute Gasteiger partial charge is 0.433 e. The summed E-state index contributed by atoms with van der Waals surface area (Å²) in [5.41, 5.74) is -0.607. The predicted octanol–water partition coefficient (Wildman–Crippen LogP) is 3.73. The molecular formula is C15H17F3N4S. The van der Waals surface area contributed by atoms with Crippen molar-refractivity contribution in [2.45, 2.75) is 25.1 Å². The number of piperidine rings is 1. The molecule has 1 aliphatic rings. The van der Waals surface area contributed by atoms with Gasteiger partial charge in [-0.2, -0.15) is 13.2 Å². The number of nitrogens with one attached hydrogen (secondary N) is 1. The third kappa shape index (κ3) is 4.00. The third-order valence-corrected chi connectivity index (χ3v) is 4.73. The van der Waals surface area contributed by atoms with E-state index < -0.39 is 11.9 Å². The van der Waals surface area contributed by atoms with Crippen molar-refractivity contribution in [1.29, 1.82) is 0 Å². The summed E-state index contributed by atoms with van der Waals surface area (Å²) < 4.78 is 39.3. The maximum atomic E-state index is 13.1. The molecule has 0 spiro atoms. The lowest BCUT2D eigenvalue weighted by atomic mass is 10.1. The standard InChI is InChI=1S/C15H17F3N4S/c1-22-6-4-10(5-7-22)19-14-20-11(12-3-2-8-23-12)9-13(21-14)15(16,17)18/h2-3,8-10H,4-7H2,1H3,(H,19,20,21). The second kappa shape index (κ2) is 6.45. The molecule has 0 atom stereocenters. The Hall–Kier alpha value is -1.67. The van der Waals surface area contributed by atoms with Crippen LogP contribution in [0.15, 0.2) is 23.6 Å². The zero-order valence-corrected chi connectivity index (χ0v) is 13.4. The Bertz CT molecular complexity index is 649. The first-order valence-electron chi connectivity index (χ1n) is 7.37. The lowest BCUT2D eigenvalue weighted by molar-refractivity contribution is -0.141. The topological polar surface area (TPSA) is 41.0 Å². The number of halogens is 3. The van der Waals surface area contributed by atoms with Crippen LogP contribution in [0.4, 0.5) is 19.1 Å². The molecule has 4 nitrogen and oxygen atoms in total. The molecule has 0 amide bonds. The van der Waals surface area contributed by atoms with Crippen LogP contribution in [0.25, 0.3) is 10.6 Å². The summed E-state index contributed by atoms with van der Waals surface area (Å²) in [4.78, 5) is 10.8. The molecule has 1 N–H and O–H groups in total. The molecule has 1 aliphatic heterocycles. The van der Waals surface area contributed by atoms with Crippen molar-refractivity contribution in [1.82, 2.24) is 14.9 Å². The molecule has 2 aromatic heterocycles. The van der Waals surface area contributed by atoms with E-state index in [0.29, 0.717) is 10.6 Å². The molecule has 0 aromatic carbocycles. The fourth-order valence-corrected chi connectivity index (χ4v) is 3.23. The van der Waals surface area contributed by atoms with Crippen LogP contribution < -0.4 is 5.32 Å². The van der Waals surface area contributed by atoms with E-state index in [9.17, 15) is 13.2 Å². The van der Waals surface area contributed by atoms with Crippen LogP contribution >= 0.6 is 11.3 Å². The SMILES string of the molecule is CN1CCC(Nc2nc(-c3cccs3)cc(C(F)(F)F)n2)CC1. The van der Waals surface area contributed by atoms with Gasteiger partial charge in [0.1, 0.15) is 0 Å². The molecular weight excluding hydrogens is 325 g/mol. The molecule has 1 saturated heterocycles. The van der Waals surface area contributed by atoms with Crippen LogP contribution in [-0.4, -0.2) is 41.0 Å². The molecule has 0 saturated carbocycles. The quantitative estimate of drug-likeness (QED) is 0.923. The second-order valence-corrected chi connectivity index (χ2v) is 6.61. The van der Waals surface area contributed by atoms with Gasteiger partial charge in [-0.3, -0.25) is 0 Å². The van der Waals surface area contributed by atoms with E-state index in [-0.39, 0.29) is 12.0 Å². The number of hydrogen-bond acceptors (Lipinski definition) is 5. The Morgan fingerprint density at radius 3 is 2.61 bits per heavy atom. The number of alkyl halides is 3. The molecule has 0 unspecified atom stereocenters. The van der Waals surface area contributed by atoms with Crippen molar-refractivity contribution in [2.24, 2.45) is 0 Å².